The molecule has 0 aliphatic carbocycles. The average Bonchev–Trinajstić information content (AvgIpc) is 3.25. The highest BCUT2D eigenvalue weighted by atomic mass is 16.5. The number of fused-ring (bicyclic) bond motifs is 4. The second-order valence-corrected chi connectivity index (χ2v) is 7.91. The number of benzene rings is 2. The number of carbonyl (C=O) groups is 1. The summed E-state index contributed by atoms with van der Waals surface area (Å²) >= 11 is 0. The summed E-state index contributed by atoms with van der Waals surface area (Å²) in [4.78, 5) is 19.9. The molecule has 2 aromatic carbocycles. The summed E-state index contributed by atoms with van der Waals surface area (Å²) in [7, 11) is 0. The van der Waals surface area contributed by atoms with E-state index in [-0.39, 0.29) is 11.4 Å². The lowest BCUT2D eigenvalue weighted by Gasteiger charge is -2.41. The number of ether oxygens (including phenoxy) is 1. The number of piperidine rings is 1. The molecule has 1 N–H and O–H groups in total. The molecule has 0 unspecified atom stereocenters. The third kappa shape index (κ3) is 3.08. The van der Waals surface area contributed by atoms with Crippen LogP contribution in [0, 0.1) is 0 Å². The van der Waals surface area contributed by atoms with Crippen LogP contribution in [0.5, 0.6) is 5.75 Å². The number of imidazole rings is 1. The Kier molecular flexibility index (Phi) is 4.79. The van der Waals surface area contributed by atoms with E-state index < -0.39 is 0 Å². The Bertz CT molecular complexity index is 1070. The van der Waals surface area contributed by atoms with Crippen molar-refractivity contribution in [3.05, 3.63) is 77.9 Å². The first kappa shape index (κ1) is 18.9. The fourth-order valence-corrected chi connectivity index (χ4v) is 4.68. The highest BCUT2D eigenvalue weighted by Crippen LogP contribution is 2.37. The number of nitrogens with zero attached hydrogens (tertiary/aromatic N) is 3. The van der Waals surface area contributed by atoms with Gasteiger partial charge in [-0.3, -0.25) is 4.79 Å². The molecule has 1 fully saturated rings. The molecule has 6 nitrogen and oxygen atoms in total. The minimum absolute atomic E-state index is 0.0362. The monoisotopic (exact) mass is 402 g/mol. The Morgan fingerprint density at radius 2 is 1.90 bits per heavy atom. The number of aromatic nitrogens is 2. The Morgan fingerprint density at radius 3 is 2.73 bits per heavy atom. The molecule has 0 atom stereocenters. The number of hydrogen-bond acceptors (Lipinski definition) is 4. The minimum atomic E-state index is -0.237. The number of likely N-dealkylation sites (tertiary alicyclic amines) is 1. The molecule has 0 saturated carbocycles. The molecule has 1 aromatic heterocycles. The van der Waals surface area contributed by atoms with E-state index in [0.717, 1.165) is 25.2 Å². The molecule has 0 radical (unpaired) electrons. The van der Waals surface area contributed by atoms with E-state index in [0.29, 0.717) is 31.0 Å². The molecule has 3 aromatic rings. The van der Waals surface area contributed by atoms with Gasteiger partial charge in [0.25, 0.3) is 5.91 Å². The maximum Gasteiger partial charge on any atom is 0.257 e. The summed E-state index contributed by atoms with van der Waals surface area (Å²) < 4.78 is 7.88. The van der Waals surface area contributed by atoms with Crippen molar-refractivity contribution in [2.45, 2.75) is 31.8 Å². The molecule has 1 saturated heterocycles. The zero-order valence-electron chi connectivity index (χ0n) is 17.2. The van der Waals surface area contributed by atoms with Crippen LogP contribution in [0.15, 0.2) is 60.9 Å². The highest BCUT2D eigenvalue weighted by molar-refractivity contribution is 5.97. The second kappa shape index (κ2) is 7.61. The van der Waals surface area contributed by atoms with E-state index >= 15 is 0 Å². The molecule has 30 heavy (non-hydrogen) atoms. The van der Waals surface area contributed by atoms with Crippen molar-refractivity contribution in [1.29, 1.82) is 0 Å². The fraction of sp³-hybridized carbons (Fsp3) is 0.333. The Morgan fingerprint density at radius 1 is 1.13 bits per heavy atom. The summed E-state index contributed by atoms with van der Waals surface area (Å²) in [5.74, 6) is 1.73. The predicted octanol–water partition coefficient (Wildman–Crippen LogP) is 3.51. The molecule has 1 spiro atoms. The van der Waals surface area contributed by atoms with Gasteiger partial charge in [-0.25, -0.2) is 4.98 Å². The molecular weight excluding hydrogens is 376 g/mol. The van der Waals surface area contributed by atoms with Gasteiger partial charge in [-0.2, -0.15) is 0 Å². The molecule has 2 aliphatic rings. The lowest BCUT2D eigenvalue weighted by Crippen LogP contribution is -2.52. The summed E-state index contributed by atoms with van der Waals surface area (Å²) in [6, 6.07) is 16.0. The largest absolute Gasteiger partial charge is 0.493 e. The number of carbonyl (C=O) groups excluding carboxylic acids is 1. The van der Waals surface area contributed by atoms with Crippen LogP contribution in [0.3, 0.4) is 0 Å². The minimum Gasteiger partial charge on any atom is -0.493 e. The highest BCUT2D eigenvalue weighted by Gasteiger charge is 2.42. The van der Waals surface area contributed by atoms with E-state index in [2.05, 4.69) is 34.1 Å². The standard InChI is InChI=1S/C24H26N4O2/c1-2-30-21-10-6-4-8-19(21)22(29)27-14-11-24(12-15-27)23-25-13-16-28(23)20-9-5-3-7-18(20)17-26-24/h3-10,13,16,26H,2,11-12,14-15,17H2,1H3. The van der Waals surface area contributed by atoms with Crippen molar-refractivity contribution in [3.63, 3.8) is 0 Å². The number of amides is 1. The summed E-state index contributed by atoms with van der Waals surface area (Å²) in [6.07, 6.45) is 5.55. The second-order valence-electron chi connectivity index (χ2n) is 7.91. The average molecular weight is 402 g/mol. The van der Waals surface area contributed by atoms with Gasteiger partial charge in [-0.15, -0.1) is 0 Å². The van der Waals surface area contributed by atoms with E-state index in [4.69, 9.17) is 9.72 Å². The SMILES string of the molecule is CCOc1ccccc1C(=O)N1CCC2(CC1)NCc1ccccc1-n1ccnc12. The van der Waals surface area contributed by atoms with Crippen LogP contribution in [-0.2, 0) is 12.1 Å². The van der Waals surface area contributed by atoms with Gasteiger partial charge >= 0.3 is 0 Å². The summed E-state index contributed by atoms with van der Waals surface area (Å²) in [6.45, 7) is 4.62. The zero-order chi connectivity index (χ0) is 20.6. The molecule has 0 bridgehead atoms. The van der Waals surface area contributed by atoms with Crippen LogP contribution >= 0.6 is 0 Å². The van der Waals surface area contributed by atoms with Gasteiger partial charge in [0.15, 0.2) is 0 Å². The Balaban J connectivity index is 1.39. The lowest BCUT2D eigenvalue weighted by molar-refractivity contribution is 0.0622. The zero-order valence-corrected chi connectivity index (χ0v) is 17.2. The van der Waals surface area contributed by atoms with Crippen molar-refractivity contribution < 1.29 is 9.53 Å². The van der Waals surface area contributed by atoms with E-state index in [1.165, 1.54) is 11.3 Å². The molecule has 6 heteroatoms. The first-order valence-electron chi connectivity index (χ1n) is 10.6. The first-order valence-corrected chi connectivity index (χ1v) is 10.6. The Labute approximate surface area is 176 Å². The van der Waals surface area contributed by atoms with Crippen molar-refractivity contribution in [3.8, 4) is 11.4 Å². The maximum atomic E-state index is 13.2. The molecular formula is C24H26N4O2. The molecule has 5 rings (SSSR count). The molecule has 3 heterocycles. The van der Waals surface area contributed by atoms with Crippen molar-refractivity contribution in [1.82, 2.24) is 19.8 Å². The van der Waals surface area contributed by atoms with Crippen molar-refractivity contribution in [2.75, 3.05) is 19.7 Å². The van der Waals surface area contributed by atoms with Crippen molar-refractivity contribution >= 4 is 5.91 Å². The fourth-order valence-electron chi connectivity index (χ4n) is 4.68. The van der Waals surface area contributed by atoms with Crippen LogP contribution in [0.25, 0.3) is 5.69 Å². The lowest BCUT2D eigenvalue weighted by atomic mass is 9.86. The normalized spacial score (nSPS) is 17.2. The molecule has 1 amide bonds. The van der Waals surface area contributed by atoms with E-state index in [1.807, 2.05) is 48.5 Å². The van der Waals surface area contributed by atoms with E-state index in [1.54, 1.807) is 0 Å². The summed E-state index contributed by atoms with van der Waals surface area (Å²) in [5.41, 5.74) is 2.84. The van der Waals surface area contributed by atoms with Crippen LogP contribution in [-0.4, -0.2) is 40.1 Å². The Hall–Kier alpha value is -3.12. The summed E-state index contributed by atoms with van der Waals surface area (Å²) in [5, 5.41) is 3.78. The third-order valence-electron chi connectivity index (χ3n) is 6.26. The number of rotatable bonds is 3. The quantitative estimate of drug-likeness (QED) is 0.728. The number of para-hydroxylation sites is 2. The smallest absolute Gasteiger partial charge is 0.257 e. The topological polar surface area (TPSA) is 59.4 Å². The number of nitrogens with one attached hydrogen (secondary N) is 1. The third-order valence-corrected chi connectivity index (χ3v) is 6.26. The maximum absolute atomic E-state index is 13.2. The van der Waals surface area contributed by atoms with Crippen LogP contribution in [0.4, 0.5) is 0 Å². The van der Waals surface area contributed by atoms with Crippen LogP contribution in [0.2, 0.25) is 0 Å². The van der Waals surface area contributed by atoms with Gasteiger partial charge in [-0.05, 0) is 43.5 Å². The van der Waals surface area contributed by atoms with Crippen molar-refractivity contribution in [2.24, 2.45) is 0 Å². The molecule has 2 aliphatic heterocycles. The van der Waals surface area contributed by atoms with Gasteiger partial charge in [-0.1, -0.05) is 30.3 Å². The number of hydrogen-bond donors (Lipinski definition) is 1. The van der Waals surface area contributed by atoms with Crippen LogP contribution in [0.1, 0.15) is 41.5 Å². The van der Waals surface area contributed by atoms with Gasteiger partial charge in [0.05, 0.1) is 23.4 Å². The van der Waals surface area contributed by atoms with Gasteiger partial charge in [0.1, 0.15) is 11.6 Å². The van der Waals surface area contributed by atoms with Crippen LogP contribution < -0.4 is 10.1 Å². The molecule has 154 valence electrons. The van der Waals surface area contributed by atoms with Gasteiger partial charge in [0, 0.05) is 32.0 Å². The first-order chi connectivity index (χ1) is 14.7. The van der Waals surface area contributed by atoms with Gasteiger partial charge < -0.3 is 19.5 Å². The predicted molar refractivity (Wildman–Crippen MR) is 115 cm³/mol. The van der Waals surface area contributed by atoms with Gasteiger partial charge in [0.2, 0.25) is 0 Å². The van der Waals surface area contributed by atoms with E-state index in [9.17, 15) is 4.79 Å².